The van der Waals surface area contributed by atoms with Crippen LogP contribution in [0.5, 0.6) is 0 Å². The molecule has 0 amide bonds. The van der Waals surface area contributed by atoms with Gasteiger partial charge < -0.3 is 0 Å². The van der Waals surface area contributed by atoms with Gasteiger partial charge >= 0.3 is 0 Å². The average Bonchev–Trinajstić information content (AvgIpc) is 2.52. The molecule has 0 heteroatoms. The third-order valence-corrected chi connectivity index (χ3v) is 6.09. The van der Waals surface area contributed by atoms with E-state index in [0.717, 1.165) is 0 Å². The minimum atomic E-state index is 0.469. The SMILES string of the molecule is Cc1cc(CCCCCCC(C)(C)C)c(C)c(C)c1CCCCC(C)(C)C. The molecule has 0 fully saturated rings. The molecule has 27 heavy (non-hydrogen) atoms. The number of rotatable bonds is 10. The van der Waals surface area contributed by atoms with Crippen LogP contribution in [0, 0.1) is 31.6 Å². The summed E-state index contributed by atoms with van der Waals surface area (Å²) in [5, 5.41) is 0. The molecule has 0 aliphatic heterocycles. The summed E-state index contributed by atoms with van der Waals surface area (Å²) in [5.74, 6) is 0. The highest BCUT2D eigenvalue weighted by Gasteiger charge is 2.13. The molecule has 0 aromatic heterocycles. The number of aryl methyl sites for hydroxylation is 2. The lowest BCUT2D eigenvalue weighted by Gasteiger charge is -2.20. The summed E-state index contributed by atoms with van der Waals surface area (Å²) in [6, 6.07) is 2.50. The Labute approximate surface area is 171 Å². The molecule has 0 aliphatic rings. The Bertz CT molecular complexity index is 563. The van der Waals surface area contributed by atoms with Gasteiger partial charge in [-0.25, -0.2) is 0 Å². The van der Waals surface area contributed by atoms with E-state index in [4.69, 9.17) is 0 Å². The van der Waals surface area contributed by atoms with Crippen LogP contribution in [-0.4, -0.2) is 0 Å². The van der Waals surface area contributed by atoms with E-state index in [9.17, 15) is 0 Å². The highest BCUT2D eigenvalue weighted by atomic mass is 14.2. The smallest absolute Gasteiger partial charge is 0.0274 e. The minimum Gasteiger partial charge on any atom is -0.0602 e. The van der Waals surface area contributed by atoms with Crippen molar-refractivity contribution in [1.82, 2.24) is 0 Å². The molecule has 0 radical (unpaired) electrons. The fourth-order valence-corrected chi connectivity index (χ4v) is 4.15. The van der Waals surface area contributed by atoms with Crippen LogP contribution < -0.4 is 0 Å². The average molecular weight is 373 g/mol. The van der Waals surface area contributed by atoms with Crippen molar-refractivity contribution in [2.75, 3.05) is 0 Å². The van der Waals surface area contributed by atoms with Crippen LogP contribution in [0.25, 0.3) is 0 Å². The maximum atomic E-state index is 2.50. The maximum Gasteiger partial charge on any atom is -0.0274 e. The maximum absolute atomic E-state index is 2.50. The van der Waals surface area contributed by atoms with Crippen LogP contribution in [0.15, 0.2) is 6.07 Å². The van der Waals surface area contributed by atoms with Crippen molar-refractivity contribution >= 4 is 0 Å². The zero-order valence-electron chi connectivity index (χ0n) is 20.1. The highest BCUT2D eigenvalue weighted by molar-refractivity contribution is 5.44. The Balaban J connectivity index is 2.51. The zero-order valence-corrected chi connectivity index (χ0v) is 20.1. The van der Waals surface area contributed by atoms with Crippen molar-refractivity contribution in [2.45, 2.75) is 127 Å². The first-order chi connectivity index (χ1) is 12.4. The lowest BCUT2D eigenvalue weighted by atomic mass is 9.86. The molecule has 1 aromatic rings. The molecule has 0 N–H and O–H groups in total. The van der Waals surface area contributed by atoms with Gasteiger partial charge in [0.2, 0.25) is 0 Å². The van der Waals surface area contributed by atoms with Crippen molar-refractivity contribution < 1.29 is 0 Å². The van der Waals surface area contributed by atoms with Crippen LogP contribution in [0.4, 0.5) is 0 Å². The second kappa shape index (κ2) is 10.7. The highest BCUT2D eigenvalue weighted by Crippen LogP contribution is 2.27. The van der Waals surface area contributed by atoms with Crippen LogP contribution in [0.3, 0.4) is 0 Å². The van der Waals surface area contributed by atoms with Gasteiger partial charge in [0.05, 0.1) is 0 Å². The molecule has 0 atom stereocenters. The quantitative estimate of drug-likeness (QED) is 0.360. The number of hydrogen-bond donors (Lipinski definition) is 0. The Hall–Kier alpha value is -0.780. The van der Waals surface area contributed by atoms with Crippen LogP contribution in [-0.2, 0) is 12.8 Å². The van der Waals surface area contributed by atoms with Gasteiger partial charge in [0, 0.05) is 0 Å². The Morgan fingerprint density at radius 3 is 1.63 bits per heavy atom. The minimum absolute atomic E-state index is 0.469. The topological polar surface area (TPSA) is 0 Å². The molecule has 156 valence electrons. The van der Waals surface area contributed by atoms with Gasteiger partial charge in [-0.3, -0.25) is 0 Å². The van der Waals surface area contributed by atoms with Gasteiger partial charge in [0.1, 0.15) is 0 Å². The molecule has 0 saturated carbocycles. The van der Waals surface area contributed by atoms with Gasteiger partial charge in [0.15, 0.2) is 0 Å². The van der Waals surface area contributed by atoms with Gasteiger partial charge in [-0.05, 0) is 97.9 Å². The summed E-state index contributed by atoms with van der Waals surface area (Å²) in [6.07, 6.45) is 13.4. The van der Waals surface area contributed by atoms with E-state index in [1.165, 1.54) is 69.8 Å². The molecule has 1 aromatic carbocycles. The largest absolute Gasteiger partial charge is 0.0602 e. The Kier molecular flexibility index (Phi) is 9.59. The first-order valence-electron chi connectivity index (χ1n) is 11.5. The van der Waals surface area contributed by atoms with Crippen LogP contribution >= 0.6 is 0 Å². The van der Waals surface area contributed by atoms with E-state index in [2.05, 4.69) is 68.4 Å². The monoisotopic (exact) mass is 372 g/mol. The normalized spacial score (nSPS) is 12.6. The number of benzene rings is 1. The van der Waals surface area contributed by atoms with Crippen LogP contribution in [0.2, 0.25) is 0 Å². The van der Waals surface area contributed by atoms with Crippen molar-refractivity contribution in [3.8, 4) is 0 Å². The van der Waals surface area contributed by atoms with Crippen molar-refractivity contribution in [3.63, 3.8) is 0 Å². The van der Waals surface area contributed by atoms with Gasteiger partial charge in [-0.1, -0.05) is 73.3 Å². The standard InChI is InChI=1S/C27H48/c1-21-20-24(16-12-10-11-14-18-26(4,5)6)22(2)23(3)25(21)17-13-15-19-27(7,8)9/h20H,10-19H2,1-9H3. The summed E-state index contributed by atoms with van der Waals surface area (Å²) >= 11 is 0. The van der Waals surface area contributed by atoms with Gasteiger partial charge in [0.25, 0.3) is 0 Å². The molecule has 0 saturated heterocycles. The van der Waals surface area contributed by atoms with E-state index in [1.807, 2.05) is 0 Å². The summed E-state index contributed by atoms with van der Waals surface area (Å²) in [7, 11) is 0. The van der Waals surface area contributed by atoms with E-state index >= 15 is 0 Å². The third-order valence-electron chi connectivity index (χ3n) is 6.09. The number of unbranched alkanes of at least 4 members (excludes halogenated alkanes) is 4. The predicted octanol–water partition coefficient (Wildman–Crippen LogP) is 8.91. The Morgan fingerprint density at radius 1 is 0.593 bits per heavy atom. The molecule has 0 heterocycles. The summed E-state index contributed by atoms with van der Waals surface area (Å²) < 4.78 is 0. The van der Waals surface area contributed by atoms with Gasteiger partial charge in [-0.15, -0.1) is 0 Å². The summed E-state index contributed by atoms with van der Waals surface area (Å²) in [6.45, 7) is 21.2. The molecule has 1 rings (SSSR count). The second-order valence-electron chi connectivity index (χ2n) is 11.3. The molecule has 0 unspecified atom stereocenters. The lowest BCUT2D eigenvalue weighted by molar-refractivity contribution is 0.357. The number of hydrogen-bond acceptors (Lipinski definition) is 0. The fourth-order valence-electron chi connectivity index (χ4n) is 4.15. The third kappa shape index (κ3) is 9.82. The molecule has 0 aliphatic carbocycles. The van der Waals surface area contributed by atoms with E-state index < -0.39 is 0 Å². The first kappa shape index (κ1) is 24.3. The van der Waals surface area contributed by atoms with Crippen molar-refractivity contribution in [3.05, 3.63) is 33.9 Å². The fraction of sp³-hybridized carbons (Fsp3) is 0.778. The first-order valence-corrected chi connectivity index (χ1v) is 11.5. The molecular weight excluding hydrogens is 324 g/mol. The van der Waals surface area contributed by atoms with E-state index in [0.29, 0.717) is 10.8 Å². The predicted molar refractivity (Wildman–Crippen MR) is 124 cm³/mol. The van der Waals surface area contributed by atoms with Crippen molar-refractivity contribution in [1.29, 1.82) is 0 Å². The molecule has 0 spiro atoms. The molecular formula is C27H48. The van der Waals surface area contributed by atoms with Crippen LogP contribution in [0.1, 0.15) is 121 Å². The molecule has 0 nitrogen and oxygen atoms in total. The van der Waals surface area contributed by atoms with Gasteiger partial charge in [-0.2, -0.15) is 0 Å². The summed E-state index contributed by atoms with van der Waals surface area (Å²) in [5.41, 5.74) is 8.82. The lowest BCUT2D eigenvalue weighted by Crippen LogP contribution is -2.06. The van der Waals surface area contributed by atoms with E-state index in [-0.39, 0.29) is 0 Å². The Morgan fingerprint density at radius 2 is 1.07 bits per heavy atom. The van der Waals surface area contributed by atoms with Crippen molar-refractivity contribution in [2.24, 2.45) is 10.8 Å². The summed E-state index contributed by atoms with van der Waals surface area (Å²) in [4.78, 5) is 0. The van der Waals surface area contributed by atoms with E-state index in [1.54, 1.807) is 22.3 Å². The zero-order chi connectivity index (χ0) is 20.7. The molecule has 0 bridgehead atoms. The second-order valence-corrected chi connectivity index (χ2v) is 11.3.